The Bertz CT molecular complexity index is 840. The normalized spacial score (nSPS) is 10.7. The SMILES string of the molecule is COc1cc(Cc2c[nH]c3ccccc23)c(N)c(OC)c1OC. The number of fused-ring (bicyclic) bond motifs is 1. The number of ether oxygens (including phenoxy) is 3. The third kappa shape index (κ3) is 2.54. The molecule has 0 unspecified atom stereocenters. The highest BCUT2D eigenvalue weighted by atomic mass is 16.5. The Kier molecular flexibility index (Phi) is 4.02. The quantitative estimate of drug-likeness (QED) is 0.709. The zero-order chi connectivity index (χ0) is 16.4. The first-order valence-corrected chi connectivity index (χ1v) is 7.31. The molecule has 5 heteroatoms. The Hall–Kier alpha value is -2.82. The minimum absolute atomic E-state index is 0.502. The maximum Gasteiger partial charge on any atom is 0.205 e. The van der Waals surface area contributed by atoms with Crippen molar-refractivity contribution < 1.29 is 14.2 Å². The van der Waals surface area contributed by atoms with E-state index in [4.69, 9.17) is 19.9 Å². The van der Waals surface area contributed by atoms with Gasteiger partial charge in [0, 0.05) is 23.5 Å². The number of anilines is 1. The molecule has 0 atom stereocenters. The van der Waals surface area contributed by atoms with Gasteiger partial charge in [-0.3, -0.25) is 0 Å². The van der Waals surface area contributed by atoms with Crippen LogP contribution in [0.3, 0.4) is 0 Å². The van der Waals surface area contributed by atoms with E-state index in [1.165, 1.54) is 10.9 Å². The molecule has 0 saturated carbocycles. The number of nitrogens with one attached hydrogen (secondary N) is 1. The molecule has 0 saturated heterocycles. The lowest BCUT2D eigenvalue weighted by Crippen LogP contribution is -2.03. The van der Waals surface area contributed by atoms with Crippen molar-refractivity contribution in [3.05, 3.63) is 47.7 Å². The molecule has 2 aromatic carbocycles. The number of aromatic amines is 1. The van der Waals surface area contributed by atoms with E-state index in [-0.39, 0.29) is 0 Å². The van der Waals surface area contributed by atoms with Crippen LogP contribution < -0.4 is 19.9 Å². The van der Waals surface area contributed by atoms with E-state index in [0.29, 0.717) is 29.4 Å². The highest BCUT2D eigenvalue weighted by Crippen LogP contribution is 2.44. The third-order valence-corrected chi connectivity index (χ3v) is 4.01. The molecule has 0 aliphatic heterocycles. The predicted molar refractivity (Wildman–Crippen MR) is 91.6 cm³/mol. The molecule has 1 heterocycles. The highest BCUT2D eigenvalue weighted by Gasteiger charge is 2.19. The molecule has 0 fully saturated rings. The van der Waals surface area contributed by atoms with Gasteiger partial charge in [-0.1, -0.05) is 18.2 Å². The van der Waals surface area contributed by atoms with Gasteiger partial charge in [0.05, 0.1) is 27.0 Å². The maximum absolute atomic E-state index is 6.28. The van der Waals surface area contributed by atoms with Crippen LogP contribution in [0.5, 0.6) is 17.2 Å². The standard InChI is InChI=1S/C18H20N2O3/c1-21-15-9-11(16(19)18(23-3)17(15)22-2)8-12-10-20-14-7-5-4-6-13(12)14/h4-7,9-10,20H,8,19H2,1-3H3. The summed E-state index contributed by atoms with van der Waals surface area (Å²) < 4.78 is 16.2. The highest BCUT2D eigenvalue weighted by molar-refractivity contribution is 5.84. The number of methoxy groups -OCH3 is 3. The second-order valence-electron chi connectivity index (χ2n) is 5.25. The molecule has 3 rings (SSSR count). The number of rotatable bonds is 5. The lowest BCUT2D eigenvalue weighted by atomic mass is 10.0. The molecule has 23 heavy (non-hydrogen) atoms. The number of benzene rings is 2. The lowest BCUT2D eigenvalue weighted by Gasteiger charge is -2.17. The Morgan fingerprint density at radius 1 is 0.957 bits per heavy atom. The fraction of sp³-hybridized carbons (Fsp3) is 0.222. The molecule has 0 spiro atoms. The summed E-state index contributed by atoms with van der Waals surface area (Å²) >= 11 is 0. The summed E-state index contributed by atoms with van der Waals surface area (Å²) in [7, 11) is 4.74. The number of hydrogen-bond acceptors (Lipinski definition) is 4. The lowest BCUT2D eigenvalue weighted by molar-refractivity contribution is 0.325. The number of H-pyrrole nitrogens is 1. The van der Waals surface area contributed by atoms with Gasteiger partial charge in [0.15, 0.2) is 11.5 Å². The van der Waals surface area contributed by atoms with E-state index in [0.717, 1.165) is 11.1 Å². The second-order valence-corrected chi connectivity index (χ2v) is 5.25. The molecule has 5 nitrogen and oxygen atoms in total. The molecule has 0 radical (unpaired) electrons. The van der Waals surface area contributed by atoms with Gasteiger partial charge in [-0.25, -0.2) is 0 Å². The average Bonchev–Trinajstić information content (AvgIpc) is 2.99. The topological polar surface area (TPSA) is 69.5 Å². The van der Waals surface area contributed by atoms with Gasteiger partial charge in [-0.15, -0.1) is 0 Å². The molecular formula is C18H20N2O3. The monoisotopic (exact) mass is 312 g/mol. The molecule has 3 aromatic rings. The fourth-order valence-electron chi connectivity index (χ4n) is 2.86. The van der Waals surface area contributed by atoms with Crippen molar-refractivity contribution in [3.8, 4) is 17.2 Å². The largest absolute Gasteiger partial charge is 0.493 e. The average molecular weight is 312 g/mol. The number of para-hydroxylation sites is 1. The molecule has 0 aliphatic rings. The summed E-state index contributed by atoms with van der Waals surface area (Å²) in [4.78, 5) is 3.28. The van der Waals surface area contributed by atoms with E-state index < -0.39 is 0 Å². The minimum Gasteiger partial charge on any atom is -0.493 e. The van der Waals surface area contributed by atoms with Crippen molar-refractivity contribution in [2.24, 2.45) is 0 Å². The zero-order valence-corrected chi connectivity index (χ0v) is 13.5. The van der Waals surface area contributed by atoms with Crippen molar-refractivity contribution >= 4 is 16.6 Å². The molecule has 120 valence electrons. The first kappa shape index (κ1) is 15.1. The van der Waals surface area contributed by atoms with Gasteiger partial charge in [0.25, 0.3) is 0 Å². The van der Waals surface area contributed by atoms with Crippen molar-refractivity contribution in [1.82, 2.24) is 4.98 Å². The van der Waals surface area contributed by atoms with Crippen LogP contribution in [-0.4, -0.2) is 26.3 Å². The van der Waals surface area contributed by atoms with Crippen molar-refractivity contribution in [2.45, 2.75) is 6.42 Å². The zero-order valence-electron chi connectivity index (χ0n) is 13.5. The van der Waals surface area contributed by atoms with Gasteiger partial charge in [-0.2, -0.15) is 0 Å². The summed E-state index contributed by atoms with van der Waals surface area (Å²) in [6.45, 7) is 0. The first-order valence-electron chi connectivity index (χ1n) is 7.31. The smallest absolute Gasteiger partial charge is 0.205 e. The van der Waals surface area contributed by atoms with Gasteiger partial charge in [-0.05, 0) is 23.3 Å². The summed E-state index contributed by atoms with van der Waals surface area (Å²) in [5.41, 5.74) is 10.1. The molecule has 0 amide bonds. The van der Waals surface area contributed by atoms with Crippen molar-refractivity contribution in [3.63, 3.8) is 0 Å². The predicted octanol–water partition coefficient (Wildman–Crippen LogP) is 3.37. The maximum atomic E-state index is 6.28. The van der Waals surface area contributed by atoms with Gasteiger partial charge in [0.1, 0.15) is 0 Å². The van der Waals surface area contributed by atoms with E-state index >= 15 is 0 Å². The van der Waals surface area contributed by atoms with Crippen molar-refractivity contribution in [2.75, 3.05) is 27.1 Å². The fourth-order valence-corrected chi connectivity index (χ4v) is 2.86. The van der Waals surface area contributed by atoms with E-state index in [1.807, 2.05) is 24.4 Å². The van der Waals surface area contributed by atoms with Crippen LogP contribution in [-0.2, 0) is 6.42 Å². The number of nitrogens with two attached hydrogens (primary N) is 1. The van der Waals surface area contributed by atoms with Crippen LogP contribution in [0.1, 0.15) is 11.1 Å². The Morgan fingerprint density at radius 2 is 1.70 bits per heavy atom. The Labute approximate surface area is 135 Å². The number of nitrogen functional groups attached to an aromatic ring is 1. The van der Waals surface area contributed by atoms with Crippen LogP contribution in [0.4, 0.5) is 5.69 Å². The molecule has 1 aromatic heterocycles. The number of aromatic nitrogens is 1. The second kappa shape index (κ2) is 6.12. The summed E-state index contributed by atoms with van der Waals surface area (Å²) in [6, 6.07) is 10.1. The Balaban J connectivity index is 2.09. The van der Waals surface area contributed by atoms with Crippen LogP contribution in [0.2, 0.25) is 0 Å². The van der Waals surface area contributed by atoms with Crippen LogP contribution in [0.15, 0.2) is 36.5 Å². The van der Waals surface area contributed by atoms with E-state index in [9.17, 15) is 0 Å². The molecule has 0 bridgehead atoms. The Morgan fingerprint density at radius 3 is 2.39 bits per heavy atom. The van der Waals surface area contributed by atoms with Gasteiger partial charge >= 0.3 is 0 Å². The molecule has 0 aliphatic carbocycles. The number of hydrogen-bond donors (Lipinski definition) is 2. The summed E-state index contributed by atoms with van der Waals surface area (Å²) in [6.07, 6.45) is 2.68. The summed E-state index contributed by atoms with van der Waals surface area (Å²) in [5, 5.41) is 1.18. The van der Waals surface area contributed by atoms with Crippen LogP contribution in [0, 0.1) is 0 Å². The minimum atomic E-state index is 0.502. The van der Waals surface area contributed by atoms with Crippen LogP contribution in [0.25, 0.3) is 10.9 Å². The van der Waals surface area contributed by atoms with Gasteiger partial charge < -0.3 is 24.9 Å². The van der Waals surface area contributed by atoms with Gasteiger partial charge in [0.2, 0.25) is 5.75 Å². The van der Waals surface area contributed by atoms with Crippen LogP contribution >= 0.6 is 0 Å². The van der Waals surface area contributed by atoms with E-state index in [1.54, 1.807) is 21.3 Å². The van der Waals surface area contributed by atoms with E-state index in [2.05, 4.69) is 17.1 Å². The third-order valence-electron chi connectivity index (χ3n) is 4.01. The molecular weight excluding hydrogens is 292 g/mol. The first-order chi connectivity index (χ1) is 11.2. The summed E-state index contributed by atoms with van der Waals surface area (Å²) in [5.74, 6) is 1.62. The molecule has 3 N–H and O–H groups in total. The van der Waals surface area contributed by atoms with Crippen molar-refractivity contribution in [1.29, 1.82) is 0 Å².